The highest BCUT2D eigenvalue weighted by molar-refractivity contribution is 5.26. The molecule has 0 aliphatic heterocycles. The Morgan fingerprint density at radius 1 is 0.846 bits per heavy atom. The van der Waals surface area contributed by atoms with Crippen LogP contribution >= 0.6 is 0 Å². The van der Waals surface area contributed by atoms with Crippen molar-refractivity contribution in [3.8, 4) is 5.75 Å². The normalized spacial score (nSPS) is 13.1. The van der Waals surface area contributed by atoms with Crippen molar-refractivity contribution in [2.45, 2.75) is 71.3 Å². The fraction of sp³-hybridized carbons (Fsp3) is 0.727. The van der Waals surface area contributed by atoms with Gasteiger partial charge < -0.3 is 26.7 Å². The molecule has 1 aromatic carbocycles. The number of halogens is 1. The summed E-state index contributed by atoms with van der Waals surface area (Å²) in [4.78, 5) is 0. The zero-order valence-corrected chi connectivity index (χ0v) is 17.9. The van der Waals surface area contributed by atoms with E-state index < -0.39 is 0 Å². The minimum absolute atomic E-state index is 0. The monoisotopic (exact) mass is 385 g/mol. The molecule has 0 aliphatic rings. The summed E-state index contributed by atoms with van der Waals surface area (Å²) in [7, 11) is 3.97. The Morgan fingerprint density at radius 3 is 1.88 bits per heavy atom. The minimum atomic E-state index is 0. The summed E-state index contributed by atoms with van der Waals surface area (Å²) in [5, 5.41) is 9.47. The first-order valence-corrected chi connectivity index (χ1v) is 10.2. The molecule has 1 rings (SSSR count). The molecular weight excluding hydrogens is 346 g/mol. The number of unbranched alkanes of at least 4 members (excludes halogenated alkanes) is 8. The number of hydrogen-bond acceptors (Lipinski definition) is 2. The topological polar surface area (TPSA) is 29.5 Å². The van der Waals surface area contributed by atoms with Crippen LogP contribution in [0.5, 0.6) is 5.75 Å². The van der Waals surface area contributed by atoms with Crippen LogP contribution in [0.4, 0.5) is 0 Å². The SMILES string of the molecule is CCCCCCCCCCC[N+](C)(CCO)Cc1ccc(OC)cc1.[Cl-]. The predicted octanol–water partition coefficient (Wildman–Crippen LogP) is 2.17. The molecule has 26 heavy (non-hydrogen) atoms. The van der Waals surface area contributed by atoms with Gasteiger partial charge in [0.05, 0.1) is 27.3 Å². The lowest BCUT2D eigenvalue weighted by Gasteiger charge is -2.34. The van der Waals surface area contributed by atoms with Gasteiger partial charge in [0.2, 0.25) is 0 Å². The summed E-state index contributed by atoms with van der Waals surface area (Å²) in [6.45, 7) is 5.46. The average molecular weight is 386 g/mol. The van der Waals surface area contributed by atoms with E-state index in [-0.39, 0.29) is 19.0 Å². The van der Waals surface area contributed by atoms with Gasteiger partial charge in [-0.15, -0.1) is 0 Å². The van der Waals surface area contributed by atoms with Gasteiger partial charge in [-0.25, -0.2) is 0 Å². The number of hydrogen-bond donors (Lipinski definition) is 1. The number of aliphatic hydroxyl groups excluding tert-OH is 1. The third-order valence-electron chi connectivity index (χ3n) is 5.16. The fourth-order valence-electron chi connectivity index (χ4n) is 3.49. The molecule has 1 unspecified atom stereocenters. The molecule has 1 atom stereocenters. The van der Waals surface area contributed by atoms with E-state index in [0.717, 1.165) is 29.9 Å². The van der Waals surface area contributed by atoms with Gasteiger partial charge in [-0.1, -0.05) is 51.9 Å². The first kappa shape index (κ1) is 25.2. The van der Waals surface area contributed by atoms with Gasteiger partial charge in [0.25, 0.3) is 0 Å². The van der Waals surface area contributed by atoms with E-state index in [0.29, 0.717) is 0 Å². The molecule has 0 saturated heterocycles. The maximum atomic E-state index is 9.47. The molecule has 1 N–H and O–H groups in total. The van der Waals surface area contributed by atoms with Gasteiger partial charge in [-0.05, 0) is 37.1 Å². The number of rotatable bonds is 15. The molecule has 152 valence electrons. The van der Waals surface area contributed by atoms with Crippen LogP contribution < -0.4 is 17.1 Å². The number of nitrogens with zero attached hydrogens (tertiary/aromatic N) is 1. The molecule has 0 fully saturated rings. The van der Waals surface area contributed by atoms with Gasteiger partial charge in [-0.3, -0.25) is 0 Å². The van der Waals surface area contributed by atoms with Crippen molar-refractivity contribution in [2.24, 2.45) is 0 Å². The van der Waals surface area contributed by atoms with E-state index in [1.54, 1.807) is 7.11 Å². The summed E-state index contributed by atoms with van der Waals surface area (Å²) in [6.07, 6.45) is 12.2. The van der Waals surface area contributed by atoms with E-state index in [9.17, 15) is 5.11 Å². The fourth-order valence-corrected chi connectivity index (χ4v) is 3.49. The summed E-state index contributed by atoms with van der Waals surface area (Å²) in [6, 6.07) is 8.33. The summed E-state index contributed by atoms with van der Waals surface area (Å²) in [5.74, 6) is 0.902. The highest BCUT2D eigenvalue weighted by atomic mass is 35.5. The van der Waals surface area contributed by atoms with Gasteiger partial charge in [0.1, 0.15) is 18.8 Å². The molecule has 0 radical (unpaired) electrons. The van der Waals surface area contributed by atoms with E-state index in [1.165, 1.54) is 63.4 Å². The molecule has 0 heterocycles. The second kappa shape index (κ2) is 15.3. The Labute approximate surface area is 167 Å². The predicted molar refractivity (Wildman–Crippen MR) is 107 cm³/mol. The smallest absolute Gasteiger partial charge is 0.118 e. The van der Waals surface area contributed by atoms with Gasteiger partial charge in [0, 0.05) is 5.56 Å². The number of quaternary nitrogens is 1. The van der Waals surface area contributed by atoms with Crippen LogP contribution in [0.15, 0.2) is 24.3 Å². The zero-order valence-electron chi connectivity index (χ0n) is 17.2. The van der Waals surface area contributed by atoms with Crippen molar-refractivity contribution < 1.29 is 26.7 Å². The number of likely N-dealkylation sites (N-methyl/N-ethyl adjacent to an activating group) is 1. The Bertz CT molecular complexity index is 438. The van der Waals surface area contributed by atoms with Crippen LogP contribution in [0.2, 0.25) is 0 Å². The number of benzene rings is 1. The number of aliphatic hydroxyl groups is 1. The van der Waals surface area contributed by atoms with Crippen LogP contribution in [-0.2, 0) is 6.54 Å². The van der Waals surface area contributed by atoms with Crippen LogP contribution in [0, 0.1) is 0 Å². The van der Waals surface area contributed by atoms with Gasteiger partial charge in [0.15, 0.2) is 0 Å². The van der Waals surface area contributed by atoms with Crippen molar-refractivity contribution >= 4 is 0 Å². The molecule has 4 heteroatoms. The lowest BCUT2D eigenvalue weighted by atomic mass is 10.1. The van der Waals surface area contributed by atoms with Crippen molar-refractivity contribution in [2.75, 3.05) is 33.9 Å². The molecule has 0 aromatic heterocycles. The Hall–Kier alpha value is -0.770. The first-order valence-electron chi connectivity index (χ1n) is 10.2. The Morgan fingerprint density at radius 2 is 1.38 bits per heavy atom. The molecule has 1 aromatic rings. The molecule has 0 amide bonds. The summed E-state index contributed by atoms with van der Waals surface area (Å²) < 4.78 is 6.15. The third-order valence-corrected chi connectivity index (χ3v) is 5.16. The molecule has 0 bridgehead atoms. The van der Waals surface area contributed by atoms with Crippen molar-refractivity contribution in [3.05, 3.63) is 29.8 Å². The highest BCUT2D eigenvalue weighted by Gasteiger charge is 2.21. The lowest BCUT2D eigenvalue weighted by Crippen LogP contribution is -3.00. The Balaban J connectivity index is 0.00000625. The van der Waals surface area contributed by atoms with E-state index in [4.69, 9.17) is 4.74 Å². The number of methoxy groups -OCH3 is 1. The minimum Gasteiger partial charge on any atom is -1.00 e. The molecular formula is C22H40ClNO2. The molecule has 0 spiro atoms. The molecule has 0 saturated carbocycles. The van der Waals surface area contributed by atoms with E-state index in [1.807, 2.05) is 12.1 Å². The van der Waals surface area contributed by atoms with Gasteiger partial charge >= 0.3 is 0 Å². The summed E-state index contributed by atoms with van der Waals surface area (Å²) in [5.41, 5.74) is 1.31. The van der Waals surface area contributed by atoms with Crippen molar-refractivity contribution in [3.63, 3.8) is 0 Å². The number of ether oxygens (including phenoxy) is 1. The highest BCUT2D eigenvalue weighted by Crippen LogP contribution is 2.18. The van der Waals surface area contributed by atoms with Crippen molar-refractivity contribution in [1.29, 1.82) is 0 Å². The second-order valence-corrected chi connectivity index (χ2v) is 7.62. The average Bonchev–Trinajstić information content (AvgIpc) is 2.61. The van der Waals surface area contributed by atoms with Gasteiger partial charge in [-0.2, -0.15) is 0 Å². The summed E-state index contributed by atoms with van der Waals surface area (Å²) >= 11 is 0. The maximum Gasteiger partial charge on any atom is 0.118 e. The second-order valence-electron chi connectivity index (χ2n) is 7.62. The maximum absolute atomic E-state index is 9.47. The van der Waals surface area contributed by atoms with Crippen LogP contribution in [0.25, 0.3) is 0 Å². The zero-order chi connectivity index (χ0) is 18.4. The first-order chi connectivity index (χ1) is 12.1. The van der Waals surface area contributed by atoms with Crippen LogP contribution in [0.1, 0.15) is 70.3 Å². The quantitative estimate of drug-likeness (QED) is 0.370. The lowest BCUT2D eigenvalue weighted by molar-refractivity contribution is -0.923. The third kappa shape index (κ3) is 11.1. The van der Waals surface area contributed by atoms with Crippen molar-refractivity contribution in [1.82, 2.24) is 0 Å². The van der Waals surface area contributed by atoms with Crippen LogP contribution in [-0.4, -0.2) is 43.4 Å². The van der Waals surface area contributed by atoms with Crippen LogP contribution in [0.3, 0.4) is 0 Å². The Kier molecular flexibility index (Phi) is 14.9. The van der Waals surface area contributed by atoms with E-state index >= 15 is 0 Å². The largest absolute Gasteiger partial charge is 1.00 e. The molecule has 3 nitrogen and oxygen atoms in total. The standard InChI is InChI=1S/C22H40NO2.ClH/c1-4-5-6-7-8-9-10-11-12-17-23(2,18-19-24)20-21-13-15-22(25-3)16-14-21;/h13-16,24H,4-12,17-20H2,1-3H3;1H/q+1;/p-1. The molecule has 0 aliphatic carbocycles. The van der Waals surface area contributed by atoms with E-state index in [2.05, 4.69) is 26.1 Å².